The van der Waals surface area contributed by atoms with Crippen LogP contribution < -0.4 is 0 Å². The highest BCUT2D eigenvalue weighted by atomic mass is 31.2. The molecular weight excluding hydrogens is 153 g/mol. The number of hydrogen-bond acceptors (Lipinski definition) is 3. The van der Waals surface area contributed by atoms with Crippen LogP contribution >= 0.6 is 7.91 Å². The Morgan fingerprint density at radius 1 is 1.78 bits per heavy atom. The highest BCUT2D eigenvalue weighted by Crippen LogP contribution is 2.55. The topological polar surface area (TPSA) is 35.5 Å². The van der Waals surface area contributed by atoms with E-state index in [1.54, 1.807) is 0 Å². The molecule has 0 saturated carbocycles. The van der Waals surface area contributed by atoms with E-state index in [4.69, 9.17) is 0 Å². The van der Waals surface area contributed by atoms with Gasteiger partial charge in [-0.15, -0.1) is 4.20 Å². The van der Waals surface area contributed by atoms with Gasteiger partial charge in [-0.05, 0) is 0 Å². The molecule has 1 heterocycles. The van der Waals surface area contributed by atoms with E-state index in [1.807, 2.05) is 0 Å². The second kappa shape index (κ2) is 2.33. The highest BCUT2D eigenvalue weighted by molar-refractivity contribution is 7.48. The van der Waals surface area contributed by atoms with Gasteiger partial charge in [0.1, 0.15) is 12.8 Å². The lowest BCUT2D eigenvalue weighted by molar-refractivity contribution is 0.185. The number of hydrogen-bond donors (Lipinski definition) is 0. The minimum atomic E-state index is -4.36. The van der Waals surface area contributed by atoms with Crippen LogP contribution in [0.15, 0.2) is 0 Å². The molecule has 1 rings (SSSR count). The van der Waals surface area contributed by atoms with Crippen molar-refractivity contribution >= 4 is 7.91 Å². The first-order valence-electron chi connectivity index (χ1n) is 2.32. The van der Waals surface area contributed by atoms with Crippen LogP contribution in [0.3, 0.4) is 0 Å². The van der Waals surface area contributed by atoms with Crippen molar-refractivity contribution in [1.82, 2.24) is 0 Å². The van der Waals surface area contributed by atoms with Gasteiger partial charge in [0.05, 0.1) is 6.61 Å². The van der Waals surface area contributed by atoms with Crippen LogP contribution in [0.4, 0.5) is 8.59 Å². The average molecular weight is 158 g/mol. The van der Waals surface area contributed by atoms with Gasteiger partial charge in [0.25, 0.3) is 0 Å². The summed E-state index contributed by atoms with van der Waals surface area (Å²) in [4.78, 5) is 0. The predicted molar refractivity (Wildman–Crippen MR) is 25.5 cm³/mol. The molecule has 54 valence electrons. The quantitative estimate of drug-likeness (QED) is 0.541. The molecular formula is C3H5F2O3P. The van der Waals surface area contributed by atoms with Crippen molar-refractivity contribution in [3.8, 4) is 0 Å². The van der Waals surface area contributed by atoms with Gasteiger partial charge in [-0.1, -0.05) is 0 Å². The minimum Gasteiger partial charge on any atom is -0.281 e. The van der Waals surface area contributed by atoms with E-state index in [0.29, 0.717) is 0 Å². The fourth-order valence-corrected chi connectivity index (χ4v) is 1.36. The molecule has 0 bridgehead atoms. The zero-order valence-corrected chi connectivity index (χ0v) is 5.31. The first kappa shape index (κ1) is 7.12. The second-order valence-corrected chi connectivity index (χ2v) is 2.94. The summed E-state index contributed by atoms with van der Waals surface area (Å²) in [6.45, 7) is -1.13. The third-order valence-electron chi connectivity index (χ3n) is 0.862. The predicted octanol–water partition coefficient (Wildman–Crippen LogP) is 1.45. The molecule has 0 aromatic heterocycles. The minimum absolute atomic E-state index is 0.260. The van der Waals surface area contributed by atoms with Crippen molar-refractivity contribution in [2.75, 3.05) is 13.3 Å². The molecule has 0 amide bonds. The zero-order chi connectivity index (χ0) is 6.91. The Balaban J connectivity index is 2.47. The van der Waals surface area contributed by atoms with Gasteiger partial charge in [0.2, 0.25) is 0 Å². The van der Waals surface area contributed by atoms with Crippen molar-refractivity contribution < 1.29 is 22.2 Å². The highest BCUT2D eigenvalue weighted by Gasteiger charge is 2.37. The lowest BCUT2D eigenvalue weighted by Gasteiger charge is -1.97. The van der Waals surface area contributed by atoms with Crippen molar-refractivity contribution in [2.24, 2.45) is 0 Å². The molecule has 9 heavy (non-hydrogen) atoms. The Morgan fingerprint density at radius 2 is 2.44 bits per heavy atom. The van der Waals surface area contributed by atoms with Crippen LogP contribution in [0.2, 0.25) is 0 Å². The van der Waals surface area contributed by atoms with E-state index >= 15 is 0 Å². The third-order valence-corrected chi connectivity index (χ3v) is 1.87. The Labute approximate surface area is 50.6 Å². The average Bonchev–Trinajstić information content (AvgIpc) is 2.10. The molecule has 1 aliphatic rings. The Morgan fingerprint density at radius 3 is 2.67 bits per heavy atom. The van der Waals surface area contributed by atoms with Gasteiger partial charge < -0.3 is 0 Å². The molecule has 0 N–H and O–H groups in total. The maximum Gasteiger partial charge on any atom is 0.513 e. The lowest BCUT2D eigenvalue weighted by Crippen LogP contribution is -2.10. The van der Waals surface area contributed by atoms with Crippen molar-refractivity contribution in [2.45, 2.75) is 6.10 Å². The van der Waals surface area contributed by atoms with E-state index in [2.05, 4.69) is 9.05 Å². The molecule has 0 aliphatic carbocycles. The molecule has 3 nitrogen and oxygen atoms in total. The van der Waals surface area contributed by atoms with Crippen LogP contribution in [-0.2, 0) is 13.6 Å². The van der Waals surface area contributed by atoms with Crippen LogP contribution in [0.25, 0.3) is 0 Å². The van der Waals surface area contributed by atoms with Gasteiger partial charge in [0, 0.05) is 0 Å². The van der Waals surface area contributed by atoms with E-state index in [0.717, 1.165) is 0 Å². The Bertz CT molecular complexity index is 150. The summed E-state index contributed by atoms with van der Waals surface area (Å²) in [5.41, 5.74) is 0. The summed E-state index contributed by atoms with van der Waals surface area (Å²) < 4.78 is 41.6. The SMILES string of the molecule is O=P1(F)OCC(CF)O1. The third kappa shape index (κ3) is 1.71. The molecule has 0 radical (unpaired) electrons. The van der Waals surface area contributed by atoms with Crippen LogP contribution in [-0.4, -0.2) is 19.4 Å². The van der Waals surface area contributed by atoms with E-state index in [1.165, 1.54) is 0 Å². The molecule has 0 spiro atoms. The zero-order valence-electron chi connectivity index (χ0n) is 4.42. The molecule has 1 fully saturated rings. The summed E-state index contributed by atoms with van der Waals surface area (Å²) in [5, 5.41) is 0. The monoisotopic (exact) mass is 158 g/mol. The first-order valence-corrected chi connectivity index (χ1v) is 3.76. The summed E-state index contributed by atoms with van der Waals surface area (Å²) in [6.07, 6.45) is -0.985. The Kier molecular flexibility index (Phi) is 1.84. The van der Waals surface area contributed by atoms with Crippen molar-refractivity contribution in [3.05, 3.63) is 0 Å². The number of rotatable bonds is 1. The summed E-state index contributed by atoms with van der Waals surface area (Å²) in [5.74, 6) is 0. The number of alkyl halides is 1. The van der Waals surface area contributed by atoms with Gasteiger partial charge >= 0.3 is 7.91 Å². The van der Waals surface area contributed by atoms with Gasteiger partial charge in [0.15, 0.2) is 0 Å². The van der Waals surface area contributed by atoms with E-state index in [9.17, 15) is 13.2 Å². The molecule has 2 unspecified atom stereocenters. The van der Waals surface area contributed by atoms with Crippen molar-refractivity contribution in [1.29, 1.82) is 0 Å². The smallest absolute Gasteiger partial charge is 0.281 e. The van der Waals surface area contributed by atoms with Crippen LogP contribution in [0, 0.1) is 0 Å². The van der Waals surface area contributed by atoms with E-state index in [-0.39, 0.29) is 6.61 Å². The second-order valence-electron chi connectivity index (χ2n) is 1.61. The fourth-order valence-electron chi connectivity index (χ4n) is 0.484. The maximum absolute atomic E-state index is 12.0. The maximum atomic E-state index is 12.0. The van der Waals surface area contributed by atoms with Gasteiger partial charge in [-0.3, -0.25) is 9.05 Å². The number of halogens is 2. The van der Waals surface area contributed by atoms with Crippen LogP contribution in [0.1, 0.15) is 0 Å². The molecule has 2 atom stereocenters. The first-order chi connectivity index (χ1) is 4.14. The lowest BCUT2D eigenvalue weighted by atomic mass is 10.4. The van der Waals surface area contributed by atoms with E-state index < -0.39 is 20.7 Å². The molecule has 1 saturated heterocycles. The molecule has 1 aliphatic heterocycles. The summed E-state index contributed by atoms with van der Waals surface area (Å²) in [7, 11) is -4.36. The normalized spacial score (nSPS) is 43.6. The fraction of sp³-hybridized carbons (Fsp3) is 1.00. The summed E-state index contributed by atoms with van der Waals surface area (Å²) >= 11 is 0. The molecule has 6 heteroatoms. The van der Waals surface area contributed by atoms with Gasteiger partial charge in [-0.2, -0.15) is 0 Å². The molecule has 0 aromatic rings. The molecule has 0 aromatic carbocycles. The summed E-state index contributed by atoms with van der Waals surface area (Å²) in [6, 6.07) is 0. The van der Waals surface area contributed by atoms with Crippen molar-refractivity contribution in [3.63, 3.8) is 0 Å². The van der Waals surface area contributed by atoms with Crippen LogP contribution in [0.5, 0.6) is 0 Å². The largest absolute Gasteiger partial charge is 0.513 e. The standard InChI is InChI=1S/C3H5F2O3P/c4-1-3-2-7-9(5,6)8-3/h3H,1-2H2. The van der Waals surface area contributed by atoms with Gasteiger partial charge in [-0.25, -0.2) is 8.96 Å². The Hall–Kier alpha value is 0.01000.